The lowest BCUT2D eigenvalue weighted by molar-refractivity contribution is 0.372. The van der Waals surface area contributed by atoms with Crippen LogP contribution in [0.5, 0.6) is 0 Å². The van der Waals surface area contributed by atoms with Gasteiger partial charge >= 0.3 is 0 Å². The number of nitrogens with one attached hydrogen (secondary N) is 2. The number of hydrogen-bond donors (Lipinski definition) is 2. The van der Waals surface area contributed by atoms with Crippen molar-refractivity contribution < 1.29 is 4.52 Å². The summed E-state index contributed by atoms with van der Waals surface area (Å²) in [4.78, 5) is 8.83. The van der Waals surface area contributed by atoms with Crippen LogP contribution in [0.3, 0.4) is 0 Å². The lowest BCUT2D eigenvalue weighted by atomic mass is 9.86. The fourth-order valence-corrected chi connectivity index (χ4v) is 2.70. The van der Waals surface area contributed by atoms with Gasteiger partial charge in [-0.05, 0) is 43.2 Å². The Bertz CT molecular complexity index is 713. The van der Waals surface area contributed by atoms with Gasteiger partial charge in [0.05, 0.1) is 0 Å². The van der Waals surface area contributed by atoms with Crippen LogP contribution in [0, 0.1) is 6.92 Å². The average molecular weight is 372 g/mol. The van der Waals surface area contributed by atoms with Crippen molar-refractivity contribution in [2.75, 3.05) is 19.6 Å². The molecule has 1 aromatic heterocycles. The van der Waals surface area contributed by atoms with Gasteiger partial charge in [0, 0.05) is 26.1 Å². The first-order valence-electron chi connectivity index (χ1n) is 9.79. The molecule has 0 radical (unpaired) electrons. The van der Waals surface area contributed by atoms with Gasteiger partial charge in [0.1, 0.15) is 0 Å². The van der Waals surface area contributed by atoms with E-state index in [2.05, 4.69) is 77.7 Å². The van der Waals surface area contributed by atoms with Crippen LogP contribution in [0.1, 0.15) is 57.0 Å². The van der Waals surface area contributed by atoms with Gasteiger partial charge in [-0.2, -0.15) is 4.98 Å². The molecule has 0 saturated heterocycles. The topological polar surface area (TPSA) is 75.3 Å². The van der Waals surface area contributed by atoms with Crippen molar-refractivity contribution in [2.45, 2.75) is 59.3 Å². The van der Waals surface area contributed by atoms with Gasteiger partial charge in [-0.1, -0.05) is 50.2 Å². The normalized spacial score (nSPS) is 12.3. The Hall–Kier alpha value is -2.37. The van der Waals surface area contributed by atoms with Crippen LogP contribution in [0.15, 0.2) is 33.8 Å². The minimum absolute atomic E-state index is 0.196. The fraction of sp³-hybridized carbons (Fsp3) is 0.571. The zero-order valence-corrected chi connectivity index (χ0v) is 17.3. The maximum atomic E-state index is 5.12. The minimum atomic E-state index is 0.196. The Labute approximate surface area is 162 Å². The van der Waals surface area contributed by atoms with Crippen LogP contribution in [0.4, 0.5) is 0 Å². The zero-order valence-electron chi connectivity index (χ0n) is 17.3. The van der Waals surface area contributed by atoms with Crippen LogP contribution in [0.25, 0.3) is 0 Å². The van der Waals surface area contributed by atoms with Crippen molar-refractivity contribution in [2.24, 2.45) is 4.99 Å². The van der Waals surface area contributed by atoms with Gasteiger partial charge in [0.25, 0.3) is 0 Å². The lowest BCUT2D eigenvalue weighted by Gasteiger charge is -2.19. The summed E-state index contributed by atoms with van der Waals surface area (Å²) in [5.74, 6) is 2.21. The molecular formula is C21H33N5O. The Morgan fingerprint density at radius 3 is 2.44 bits per heavy atom. The maximum Gasteiger partial charge on any atom is 0.226 e. The van der Waals surface area contributed by atoms with Crippen molar-refractivity contribution in [3.63, 3.8) is 0 Å². The first-order chi connectivity index (χ1) is 12.9. The molecule has 0 aliphatic rings. The van der Waals surface area contributed by atoms with E-state index in [9.17, 15) is 0 Å². The number of benzene rings is 1. The van der Waals surface area contributed by atoms with E-state index in [1.807, 2.05) is 6.92 Å². The summed E-state index contributed by atoms with van der Waals surface area (Å²) in [5.41, 5.74) is 2.89. The van der Waals surface area contributed by atoms with E-state index < -0.39 is 0 Å². The summed E-state index contributed by atoms with van der Waals surface area (Å²) >= 11 is 0. The summed E-state index contributed by atoms with van der Waals surface area (Å²) in [6.07, 6.45) is 2.60. The smallest absolute Gasteiger partial charge is 0.226 e. The average Bonchev–Trinajstić information content (AvgIpc) is 3.03. The first-order valence-corrected chi connectivity index (χ1v) is 9.79. The summed E-state index contributed by atoms with van der Waals surface area (Å²) in [6, 6.07) is 8.90. The van der Waals surface area contributed by atoms with Crippen LogP contribution in [-0.2, 0) is 18.3 Å². The van der Waals surface area contributed by atoms with Gasteiger partial charge in [-0.25, -0.2) is 0 Å². The second-order valence-corrected chi connectivity index (χ2v) is 7.72. The van der Waals surface area contributed by atoms with Crippen LogP contribution in [-0.4, -0.2) is 35.7 Å². The van der Waals surface area contributed by atoms with E-state index in [0.29, 0.717) is 11.7 Å². The predicted octanol–water partition coefficient (Wildman–Crippen LogP) is 3.41. The number of aryl methyl sites for hydroxylation is 2. The summed E-state index contributed by atoms with van der Waals surface area (Å²) in [5, 5.41) is 10.5. The molecule has 0 bridgehead atoms. The molecule has 27 heavy (non-hydrogen) atoms. The highest BCUT2D eigenvalue weighted by Gasteiger charge is 2.12. The number of aromatic nitrogens is 2. The maximum absolute atomic E-state index is 5.12. The molecule has 0 amide bonds. The molecule has 2 rings (SSSR count). The lowest BCUT2D eigenvalue weighted by Crippen LogP contribution is -2.38. The van der Waals surface area contributed by atoms with Crippen molar-refractivity contribution in [3.8, 4) is 0 Å². The molecule has 0 aliphatic carbocycles. The van der Waals surface area contributed by atoms with Gasteiger partial charge in [-0.15, -0.1) is 0 Å². The third-order valence-electron chi connectivity index (χ3n) is 4.26. The molecule has 0 unspecified atom stereocenters. The molecule has 0 aliphatic heterocycles. The predicted molar refractivity (Wildman–Crippen MR) is 110 cm³/mol. The summed E-state index contributed by atoms with van der Waals surface area (Å²) in [6.45, 7) is 13.0. The van der Waals surface area contributed by atoms with Gasteiger partial charge in [-0.3, -0.25) is 4.99 Å². The van der Waals surface area contributed by atoms with Gasteiger partial charge in [0.2, 0.25) is 5.89 Å². The van der Waals surface area contributed by atoms with Crippen LogP contribution in [0.2, 0.25) is 0 Å². The SMILES string of the molecule is CCNC(=NCCCc1nc(C)no1)NCCc1ccc(C(C)(C)C)cc1. The minimum Gasteiger partial charge on any atom is -0.357 e. The van der Waals surface area contributed by atoms with E-state index in [4.69, 9.17) is 4.52 Å². The summed E-state index contributed by atoms with van der Waals surface area (Å²) in [7, 11) is 0. The molecule has 6 nitrogen and oxygen atoms in total. The monoisotopic (exact) mass is 371 g/mol. The molecule has 0 saturated carbocycles. The molecule has 1 aromatic carbocycles. The molecule has 148 valence electrons. The van der Waals surface area contributed by atoms with Gasteiger partial charge in [0.15, 0.2) is 11.8 Å². The Kier molecular flexibility index (Phi) is 7.82. The highest BCUT2D eigenvalue weighted by Crippen LogP contribution is 2.22. The second-order valence-electron chi connectivity index (χ2n) is 7.72. The Balaban J connectivity index is 1.76. The molecule has 0 atom stereocenters. The van der Waals surface area contributed by atoms with Crippen LogP contribution >= 0.6 is 0 Å². The number of aliphatic imine (C=N–C) groups is 1. The van der Waals surface area contributed by atoms with E-state index >= 15 is 0 Å². The van der Waals surface area contributed by atoms with Crippen molar-refractivity contribution in [1.29, 1.82) is 0 Å². The third kappa shape index (κ3) is 7.41. The number of rotatable bonds is 8. The molecule has 1 heterocycles. The first kappa shape index (κ1) is 20.9. The van der Waals surface area contributed by atoms with E-state index in [-0.39, 0.29) is 5.41 Å². The van der Waals surface area contributed by atoms with Gasteiger partial charge < -0.3 is 15.2 Å². The zero-order chi connectivity index (χ0) is 19.7. The number of hydrogen-bond acceptors (Lipinski definition) is 4. The highest BCUT2D eigenvalue weighted by atomic mass is 16.5. The quantitative estimate of drug-likeness (QED) is 0.422. The van der Waals surface area contributed by atoms with Crippen LogP contribution < -0.4 is 10.6 Å². The molecule has 6 heteroatoms. The molecule has 2 N–H and O–H groups in total. The van der Waals surface area contributed by atoms with E-state index in [1.165, 1.54) is 11.1 Å². The Morgan fingerprint density at radius 2 is 1.85 bits per heavy atom. The highest BCUT2D eigenvalue weighted by molar-refractivity contribution is 5.79. The number of guanidine groups is 1. The van der Waals surface area contributed by atoms with Crippen molar-refractivity contribution in [1.82, 2.24) is 20.8 Å². The van der Waals surface area contributed by atoms with Crippen molar-refractivity contribution >= 4 is 5.96 Å². The molecule has 2 aromatic rings. The summed E-state index contributed by atoms with van der Waals surface area (Å²) < 4.78 is 5.12. The molecular weight excluding hydrogens is 338 g/mol. The Morgan fingerprint density at radius 1 is 1.11 bits per heavy atom. The second kappa shape index (κ2) is 10.1. The molecule has 0 spiro atoms. The number of nitrogens with zero attached hydrogens (tertiary/aromatic N) is 3. The van der Waals surface area contributed by atoms with Crippen molar-refractivity contribution in [3.05, 3.63) is 47.1 Å². The molecule has 0 fully saturated rings. The largest absolute Gasteiger partial charge is 0.357 e. The third-order valence-corrected chi connectivity index (χ3v) is 4.26. The van der Waals surface area contributed by atoms with E-state index in [0.717, 1.165) is 44.9 Å². The standard InChI is InChI=1S/C21H33N5O/c1-6-22-20(23-14-7-8-19-25-16(2)26-27-19)24-15-13-17-9-11-18(12-10-17)21(3,4)5/h9-12H,6-8,13-15H2,1-5H3,(H2,22,23,24). The van der Waals surface area contributed by atoms with E-state index in [1.54, 1.807) is 0 Å². The fourth-order valence-electron chi connectivity index (χ4n) is 2.70.